The first kappa shape index (κ1) is 27.5. The molecule has 0 saturated carbocycles. The Hall–Kier alpha value is -4.09. The van der Waals surface area contributed by atoms with E-state index in [1.54, 1.807) is 24.3 Å². The zero-order chi connectivity index (χ0) is 26.7. The molecule has 0 aliphatic rings. The Morgan fingerprint density at radius 1 is 0.865 bits per heavy atom. The number of anilines is 3. The summed E-state index contributed by atoms with van der Waals surface area (Å²) in [5.41, 5.74) is 2.45. The highest BCUT2D eigenvalue weighted by atomic mass is 32.2. The molecule has 0 atom stereocenters. The third-order valence-corrected chi connectivity index (χ3v) is 6.90. The van der Waals surface area contributed by atoms with Crippen molar-refractivity contribution in [3.05, 3.63) is 83.9 Å². The molecule has 3 rings (SSSR count). The molecule has 0 heterocycles. The van der Waals surface area contributed by atoms with Crippen LogP contribution in [0.25, 0.3) is 0 Å². The van der Waals surface area contributed by atoms with Gasteiger partial charge in [0, 0.05) is 24.6 Å². The first-order chi connectivity index (χ1) is 17.8. The number of hydrogen-bond acceptors (Lipinski definition) is 5. The van der Waals surface area contributed by atoms with Crippen LogP contribution in [0.5, 0.6) is 0 Å². The van der Waals surface area contributed by atoms with E-state index in [1.165, 1.54) is 31.0 Å². The third kappa shape index (κ3) is 8.23. The highest BCUT2D eigenvalue weighted by Gasteiger charge is 2.22. The first-order valence-electron chi connectivity index (χ1n) is 12.2. The fourth-order valence-corrected chi connectivity index (χ4v) is 4.80. The van der Waals surface area contributed by atoms with Gasteiger partial charge in [0.05, 0.1) is 16.9 Å². The van der Waals surface area contributed by atoms with Crippen LogP contribution >= 0.6 is 0 Å². The summed E-state index contributed by atoms with van der Waals surface area (Å²) in [5.74, 6) is 5.13. The Morgan fingerprint density at radius 2 is 1.59 bits per heavy atom. The molecular weight excluding hydrogens is 486 g/mol. The summed E-state index contributed by atoms with van der Waals surface area (Å²) >= 11 is 0. The standard InChI is InChI=1S/C29H31N3O4S/c1-3-4-5-6-7-9-14-23-19-20-25(27(21-23)30-24-15-10-8-11-16-24)29(34)31-26-17-12-13-18-28(26)37(35,36)32-22(2)33/h8,10-13,15-21,30H,3-7H2,1-2H3,(H,31,34)(H,32,33). The topological polar surface area (TPSA) is 104 Å². The second-order valence-corrected chi connectivity index (χ2v) is 10.1. The number of amides is 2. The molecule has 3 aromatic rings. The summed E-state index contributed by atoms with van der Waals surface area (Å²) in [7, 11) is -4.15. The molecule has 3 aromatic carbocycles. The molecule has 0 spiro atoms. The molecule has 0 radical (unpaired) electrons. The van der Waals surface area contributed by atoms with E-state index in [4.69, 9.17) is 0 Å². The highest BCUT2D eigenvalue weighted by molar-refractivity contribution is 7.90. The van der Waals surface area contributed by atoms with Gasteiger partial charge in [0.2, 0.25) is 5.91 Å². The maximum absolute atomic E-state index is 13.3. The van der Waals surface area contributed by atoms with Crippen molar-refractivity contribution in [2.45, 2.75) is 50.8 Å². The molecule has 192 valence electrons. The third-order valence-electron chi connectivity index (χ3n) is 5.41. The van der Waals surface area contributed by atoms with Crippen molar-refractivity contribution in [3.8, 4) is 11.8 Å². The summed E-state index contributed by atoms with van der Waals surface area (Å²) in [4.78, 5) is 24.5. The zero-order valence-electron chi connectivity index (χ0n) is 21.0. The molecule has 0 saturated heterocycles. The molecular formula is C29H31N3O4S. The SMILES string of the molecule is CCCCCCC#Cc1ccc(C(=O)Nc2ccccc2S(=O)(=O)NC(C)=O)c(Nc2ccccc2)c1. The summed E-state index contributed by atoms with van der Waals surface area (Å²) < 4.78 is 27.1. The lowest BCUT2D eigenvalue weighted by Crippen LogP contribution is -2.29. The summed E-state index contributed by atoms with van der Waals surface area (Å²) in [5, 5.41) is 5.94. The second kappa shape index (κ2) is 13.3. The Labute approximate surface area is 218 Å². The minimum absolute atomic E-state index is 0.0582. The molecule has 2 amide bonds. The first-order valence-corrected chi connectivity index (χ1v) is 13.7. The number of para-hydroxylation sites is 2. The van der Waals surface area contributed by atoms with Crippen molar-refractivity contribution in [3.63, 3.8) is 0 Å². The van der Waals surface area contributed by atoms with Gasteiger partial charge >= 0.3 is 0 Å². The average molecular weight is 518 g/mol. The van der Waals surface area contributed by atoms with Crippen LogP contribution in [-0.4, -0.2) is 20.2 Å². The van der Waals surface area contributed by atoms with Crippen LogP contribution in [0.3, 0.4) is 0 Å². The number of benzene rings is 3. The fraction of sp³-hybridized carbons (Fsp3) is 0.241. The Balaban J connectivity index is 1.90. The number of nitrogens with one attached hydrogen (secondary N) is 3. The number of rotatable bonds is 10. The molecule has 0 aliphatic heterocycles. The van der Waals surface area contributed by atoms with Crippen LogP contribution in [0.4, 0.5) is 17.1 Å². The fourth-order valence-electron chi connectivity index (χ4n) is 3.64. The quantitative estimate of drug-likeness (QED) is 0.232. The number of unbranched alkanes of at least 4 members (excludes halogenated alkanes) is 4. The van der Waals surface area contributed by atoms with Crippen molar-refractivity contribution in [1.82, 2.24) is 4.72 Å². The van der Waals surface area contributed by atoms with Crippen molar-refractivity contribution in [2.75, 3.05) is 10.6 Å². The van der Waals surface area contributed by atoms with Crippen LogP contribution < -0.4 is 15.4 Å². The lowest BCUT2D eigenvalue weighted by atomic mass is 10.1. The Morgan fingerprint density at radius 3 is 2.32 bits per heavy atom. The van der Waals surface area contributed by atoms with E-state index < -0.39 is 21.8 Å². The van der Waals surface area contributed by atoms with E-state index in [0.717, 1.165) is 37.4 Å². The molecule has 0 aliphatic carbocycles. The van der Waals surface area contributed by atoms with E-state index in [1.807, 2.05) is 35.1 Å². The molecule has 7 nitrogen and oxygen atoms in total. The average Bonchev–Trinajstić information content (AvgIpc) is 2.86. The van der Waals surface area contributed by atoms with Gasteiger partial charge in [0.15, 0.2) is 0 Å². The second-order valence-electron chi connectivity index (χ2n) is 8.48. The van der Waals surface area contributed by atoms with Gasteiger partial charge in [-0.2, -0.15) is 0 Å². The van der Waals surface area contributed by atoms with Crippen LogP contribution in [0.1, 0.15) is 61.9 Å². The van der Waals surface area contributed by atoms with Gasteiger partial charge in [-0.15, -0.1) is 0 Å². The van der Waals surface area contributed by atoms with Gasteiger partial charge < -0.3 is 10.6 Å². The highest BCUT2D eigenvalue weighted by Crippen LogP contribution is 2.26. The normalized spacial score (nSPS) is 10.6. The summed E-state index contributed by atoms with van der Waals surface area (Å²) in [6.07, 6.45) is 5.39. The number of carbonyl (C=O) groups excluding carboxylic acids is 2. The molecule has 3 N–H and O–H groups in total. The van der Waals surface area contributed by atoms with Gasteiger partial charge in [-0.1, -0.05) is 68.4 Å². The number of sulfonamides is 1. The van der Waals surface area contributed by atoms with Gasteiger partial charge in [-0.25, -0.2) is 13.1 Å². The number of hydrogen-bond donors (Lipinski definition) is 3. The summed E-state index contributed by atoms with van der Waals surface area (Å²) in [6, 6.07) is 20.6. The molecule has 0 aromatic heterocycles. The van der Waals surface area contributed by atoms with E-state index >= 15 is 0 Å². The van der Waals surface area contributed by atoms with Gasteiger partial charge in [-0.05, 0) is 48.9 Å². The predicted octanol–water partition coefficient (Wildman–Crippen LogP) is 5.83. The van der Waals surface area contributed by atoms with Gasteiger partial charge in [-0.3, -0.25) is 9.59 Å². The van der Waals surface area contributed by atoms with Crippen molar-refractivity contribution in [2.24, 2.45) is 0 Å². The molecule has 0 fully saturated rings. The van der Waals surface area contributed by atoms with E-state index in [-0.39, 0.29) is 10.6 Å². The van der Waals surface area contributed by atoms with Gasteiger partial charge in [0.1, 0.15) is 4.90 Å². The monoisotopic (exact) mass is 517 g/mol. The maximum Gasteiger partial charge on any atom is 0.266 e. The van der Waals surface area contributed by atoms with Crippen molar-refractivity contribution < 1.29 is 18.0 Å². The lowest BCUT2D eigenvalue weighted by molar-refractivity contribution is -0.117. The molecule has 0 bridgehead atoms. The van der Waals surface area contributed by atoms with Gasteiger partial charge in [0.25, 0.3) is 15.9 Å². The van der Waals surface area contributed by atoms with E-state index in [2.05, 4.69) is 29.4 Å². The molecule has 8 heteroatoms. The minimum Gasteiger partial charge on any atom is -0.355 e. The van der Waals surface area contributed by atoms with Crippen LogP contribution in [-0.2, 0) is 14.8 Å². The van der Waals surface area contributed by atoms with E-state index in [0.29, 0.717) is 11.3 Å². The Kier molecular flexibility index (Phi) is 9.87. The molecule has 0 unspecified atom stereocenters. The van der Waals surface area contributed by atoms with E-state index in [9.17, 15) is 18.0 Å². The minimum atomic E-state index is -4.15. The Bertz CT molecular complexity index is 1410. The molecule has 37 heavy (non-hydrogen) atoms. The largest absolute Gasteiger partial charge is 0.355 e. The lowest BCUT2D eigenvalue weighted by Gasteiger charge is -2.15. The van der Waals surface area contributed by atoms with Crippen LogP contribution in [0, 0.1) is 11.8 Å². The van der Waals surface area contributed by atoms with Crippen molar-refractivity contribution >= 4 is 38.9 Å². The maximum atomic E-state index is 13.3. The predicted molar refractivity (Wildman–Crippen MR) is 147 cm³/mol. The zero-order valence-corrected chi connectivity index (χ0v) is 21.8. The summed E-state index contributed by atoms with van der Waals surface area (Å²) in [6.45, 7) is 3.28. The smallest absolute Gasteiger partial charge is 0.266 e. The van der Waals surface area contributed by atoms with Crippen LogP contribution in [0.2, 0.25) is 0 Å². The van der Waals surface area contributed by atoms with Crippen molar-refractivity contribution in [1.29, 1.82) is 0 Å². The number of carbonyl (C=O) groups is 2. The van der Waals surface area contributed by atoms with Crippen LogP contribution in [0.15, 0.2) is 77.7 Å².